The van der Waals surface area contributed by atoms with E-state index in [9.17, 15) is 4.39 Å². The molecule has 0 unspecified atom stereocenters. The van der Waals surface area contributed by atoms with Crippen LogP contribution in [0.1, 0.15) is 51.7 Å². The van der Waals surface area contributed by atoms with Gasteiger partial charge in [0, 0.05) is 27.5 Å². The first-order chi connectivity index (χ1) is 27.1. The van der Waals surface area contributed by atoms with Gasteiger partial charge in [-0.15, -0.1) is 0 Å². The van der Waals surface area contributed by atoms with Crippen LogP contribution in [0, 0.1) is 5.82 Å². The molecule has 2 aromatic heterocycles. The van der Waals surface area contributed by atoms with E-state index in [2.05, 4.69) is 94.4 Å². The van der Waals surface area contributed by atoms with E-state index in [1.807, 2.05) is 54.6 Å². The molecular formula is C51H40FN3O. The molecule has 2 heterocycles. The third kappa shape index (κ3) is 5.69. The Morgan fingerprint density at radius 3 is 1.71 bits per heavy atom. The summed E-state index contributed by atoms with van der Waals surface area (Å²) in [4.78, 5) is 15.6. The van der Waals surface area contributed by atoms with Crippen LogP contribution in [0.2, 0.25) is 0 Å². The zero-order valence-corrected chi connectivity index (χ0v) is 31.9. The molecular weight excluding hydrogens is 690 g/mol. The molecule has 0 fully saturated rings. The number of para-hydroxylation sites is 1. The summed E-state index contributed by atoms with van der Waals surface area (Å²) in [5, 5.41) is 4.20. The molecule has 0 N–H and O–H groups in total. The molecule has 0 saturated heterocycles. The van der Waals surface area contributed by atoms with Gasteiger partial charge in [-0.25, -0.2) is 19.3 Å². The molecule has 0 aliphatic heterocycles. The Morgan fingerprint density at radius 2 is 0.982 bits per heavy atom. The van der Waals surface area contributed by atoms with Gasteiger partial charge in [0.15, 0.2) is 17.5 Å². The highest BCUT2D eigenvalue weighted by Gasteiger charge is 2.37. The molecule has 272 valence electrons. The van der Waals surface area contributed by atoms with Crippen LogP contribution >= 0.6 is 0 Å². The first-order valence-corrected chi connectivity index (χ1v) is 19.3. The predicted molar refractivity (Wildman–Crippen MR) is 227 cm³/mol. The van der Waals surface area contributed by atoms with Crippen molar-refractivity contribution in [3.63, 3.8) is 0 Å². The Hall–Kier alpha value is -6.46. The van der Waals surface area contributed by atoms with E-state index in [-0.39, 0.29) is 16.6 Å². The number of nitrogens with zero attached hydrogens (tertiary/aromatic N) is 3. The molecule has 4 nitrogen and oxygen atoms in total. The number of hydrogen-bond donors (Lipinski definition) is 0. The number of rotatable bonds is 5. The van der Waals surface area contributed by atoms with Crippen LogP contribution in [0.3, 0.4) is 0 Å². The molecule has 0 amide bonds. The number of aromatic nitrogens is 3. The van der Waals surface area contributed by atoms with Crippen molar-refractivity contribution in [2.75, 3.05) is 0 Å². The first kappa shape index (κ1) is 34.1. The molecule has 5 heteroatoms. The fraction of sp³-hybridized carbons (Fsp3) is 0.157. The van der Waals surface area contributed by atoms with Gasteiger partial charge in [-0.2, -0.15) is 0 Å². The van der Waals surface area contributed by atoms with Gasteiger partial charge in [-0.3, -0.25) is 0 Å². The van der Waals surface area contributed by atoms with Gasteiger partial charge < -0.3 is 4.42 Å². The van der Waals surface area contributed by atoms with Crippen LogP contribution in [0.4, 0.5) is 4.39 Å². The molecule has 0 bridgehead atoms. The maximum Gasteiger partial charge on any atom is 0.164 e. The van der Waals surface area contributed by atoms with Gasteiger partial charge in [0.05, 0.1) is 0 Å². The van der Waals surface area contributed by atoms with Crippen LogP contribution in [0.5, 0.6) is 0 Å². The second-order valence-corrected chi connectivity index (χ2v) is 16.4. The summed E-state index contributed by atoms with van der Waals surface area (Å²) >= 11 is 0. The average molecular weight is 730 g/mol. The second-order valence-electron chi connectivity index (χ2n) is 16.4. The quantitative estimate of drug-likeness (QED) is 0.177. The zero-order chi connectivity index (χ0) is 38.2. The monoisotopic (exact) mass is 729 g/mol. The minimum Gasteiger partial charge on any atom is -0.456 e. The van der Waals surface area contributed by atoms with Crippen molar-refractivity contribution in [2.45, 2.75) is 51.4 Å². The van der Waals surface area contributed by atoms with Crippen molar-refractivity contribution >= 4 is 32.7 Å². The number of benzene rings is 7. The smallest absolute Gasteiger partial charge is 0.164 e. The largest absolute Gasteiger partial charge is 0.456 e. The first-order valence-electron chi connectivity index (χ1n) is 19.3. The minimum absolute atomic E-state index is 0.106. The number of halogens is 1. The lowest BCUT2D eigenvalue weighted by atomic mass is 9.63. The Morgan fingerprint density at radius 1 is 0.446 bits per heavy atom. The van der Waals surface area contributed by atoms with E-state index in [0.29, 0.717) is 17.5 Å². The van der Waals surface area contributed by atoms with E-state index in [1.54, 1.807) is 12.1 Å². The van der Waals surface area contributed by atoms with Crippen molar-refractivity contribution in [3.8, 4) is 56.4 Å². The van der Waals surface area contributed by atoms with Crippen molar-refractivity contribution < 1.29 is 8.81 Å². The van der Waals surface area contributed by atoms with Crippen molar-refractivity contribution in [1.29, 1.82) is 0 Å². The molecule has 56 heavy (non-hydrogen) atoms. The van der Waals surface area contributed by atoms with Gasteiger partial charge in [-0.1, -0.05) is 143 Å². The summed E-state index contributed by atoms with van der Waals surface area (Å²) < 4.78 is 20.0. The summed E-state index contributed by atoms with van der Waals surface area (Å²) in [7, 11) is 0. The third-order valence-electron chi connectivity index (χ3n) is 11.9. The Bertz CT molecular complexity index is 2980. The summed E-state index contributed by atoms with van der Waals surface area (Å²) in [6.45, 7) is 9.51. The summed E-state index contributed by atoms with van der Waals surface area (Å²) in [5.41, 5.74) is 11.7. The van der Waals surface area contributed by atoms with Crippen LogP contribution < -0.4 is 0 Å². The van der Waals surface area contributed by atoms with E-state index in [0.717, 1.165) is 66.9 Å². The molecule has 9 aromatic rings. The van der Waals surface area contributed by atoms with Crippen LogP contribution in [0.25, 0.3) is 89.1 Å². The molecule has 10 rings (SSSR count). The minimum atomic E-state index is -0.257. The van der Waals surface area contributed by atoms with Crippen molar-refractivity contribution in [3.05, 3.63) is 163 Å². The lowest BCUT2D eigenvalue weighted by molar-refractivity contribution is 0.332. The maximum atomic E-state index is 13.7. The molecule has 0 radical (unpaired) electrons. The molecule has 7 aromatic carbocycles. The van der Waals surface area contributed by atoms with Crippen molar-refractivity contribution in [1.82, 2.24) is 15.0 Å². The van der Waals surface area contributed by atoms with Crippen LogP contribution in [-0.2, 0) is 10.8 Å². The van der Waals surface area contributed by atoms with Gasteiger partial charge in [0.25, 0.3) is 0 Å². The number of hydrogen-bond acceptors (Lipinski definition) is 4. The SMILES string of the molecule is CC1(C)CCC(C)(C)c2cc(-c3ccc(-c4nc(-c5ccc(-c6ccc(F)cc6)cc5)nc(-c5cccc6oc7ccccc7c56)n4)c4ccccc34)ccc21. The number of furan rings is 1. The maximum absolute atomic E-state index is 13.7. The summed E-state index contributed by atoms with van der Waals surface area (Å²) in [5.74, 6) is 1.46. The van der Waals surface area contributed by atoms with Gasteiger partial charge in [-0.05, 0) is 98.2 Å². The van der Waals surface area contributed by atoms with Gasteiger partial charge in [0.1, 0.15) is 17.0 Å². The van der Waals surface area contributed by atoms with Gasteiger partial charge >= 0.3 is 0 Å². The fourth-order valence-corrected chi connectivity index (χ4v) is 8.66. The van der Waals surface area contributed by atoms with E-state index >= 15 is 0 Å². The molecule has 0 atom stereocenters. The molecule has 1 aliphatic rings. The normalized spacial score (nSPS) is 14.7. The van der Waals surface area contributed by atoms with Crippen LogP contribution in [-0.4, -0.2) is 15.0 Å². The molecule has 1 aliphatic carbocycles. The highest BCUT2D eigenvalue weighted by atomic mass is 19.1. The standard InChI is InChI=1S/C51H40FN3O/c1-50(2)28-29-51(3,4)43-30-34(22-27-42(43)50)36-25-26-39(38-11-6-5-10-37(36)38)48-53-47(33-18-16-31(17-19-33)32-20-23-35(52)24-21-32)54-49(55-48)41-13-9-15-45-46(41)40-12-7-8-14-44(40)56-45/h5-27,30H,28-29H2,1-4H3. The Labute approximate surface area is 325 Å². The Balaban J connectivity index is 1.16. The molecule has 0 saturated carbocycles. The average Bonchev–Trinajstić information content (AvgIpc) is 3.61. The topological polar surface area (TPSA) is 51.8 Å². The van der Waals surface area contributed by atoms with E-state index in [1.165, 1.54) is 40.8 Å². The summed E-state index contributed by atoms with van der Waals surface area (Å²) in [6, 6.07) is 48.8. The zero-order valence-electron chi connectivity index (χ0n) is 31.9. The third-order valence-corrected chi connectivity index (χ3v) is 11.9. The lowest BCUT2D eigenvalue weighted by Crippen LogP contribution is -2.33. The van der Waals surface area contributed by atoms with E-state index in [4.69, 9.17) is 19.4 Å². The Kier molecular flexibility index (Phi) is 7.79. The van der Waals surface area contributed by atoms with Crippen molar-refractivity contribution in [2.24, 2.45) is 0 Å². The second kappa shape index (κ2) is 12.8. The fourth-order valence-electron chi connectivity index (χ4n) is 8.66. The predicted octanol–water partition coefficient (Wildman–Crippen LogP) is 13.7. The van der Waals surface area contributed by atoms with Crippen LogP contribution in [0.15, 0.2) is 150 Å². The van der Waals surface area contributed by atoms with E-state index < -0.39 is 0 Å². The van der Waals surface area contributed by atoms with Gasteiger partial charge in [0.2, 0.25) is 0 Å². The highest BCUT2D eigenvalue weighted by molar-refractivity contribution is 6.12. The molecule has 0 spiro atoms. The lowest BCUT2D eigenvalue weighted by Gasteiger charge is -2.42. The highest BCUT2D eigenvalue weighted by Crippen LogP contribution is 2.48. The number of fused-ring (bicyclic) bond motifs is 5. The summed E-state index contributed by atoms with van der Waals surface area (Å²) in [6.07, 6.45) is 2.35.